The number of nitro groups is 1. The van der Waals surface area contributed by atoms with Crippen LogP contribution in [0.4, 0.5) is 11.5 Å². The molecule has 1 rings (SSSR count). The van der Waals surface area contributed by atoms with Gasteiger partial charge in [-0.2, -0.15) is 5.10 Å². The number of hydrogen-bond donors (Lipinski definition) is 2. The van der Waals surface area contributed by atoms with E-state index in [1.807, 2.05) is 6.92 Å². The normalized spacial score (nSPS) is 12.5. The van der Waals surface area contributed by atoms with Crippen molar-refractivity contribution in [2.75, 3.05) is 11.9 Å². The third-order valence-electron chi connectivity index (χ3n) is 2.28. The first-order valence-electron chi connectivity index (χ1n) is 5.61. The lowest BCUT2D eigenvalue weighted by Gasteiger charge is -2.09. The second-order valence-electron chi connectivity index (χ2n) is 3.99. The van der Waals surface area contributed by atoms with E-state index < -0.39 is 11.0 Å². The van der Waals surface area contributed by atoms with E-state index in [9.17, 15) is 15.2 Å². The highest BCUT2D eigenvalue weighted by Crippen LogP contribution is 2.28. The topological polar surface area (TPSA) is 93.2 Å². The first-order chi connectivity index (χ1) is 7.97. The Balaban J connectivity index is 3.06. The summed E-state index contributed by atoms with van der Waals surface area (Å²) < 4.78 is 1.58. The summed E-state index contributed by atoms with van der Waals surface area (Å²) in [6.07, 6.45) is 0.265. The predicted molar refractivity (Wildman–Crippen MR) is 64.1 cm³/mol. The van der Waals surface area contributed by atoms with Gasteiger partial charge < -0.3 is 10.4 Å². The van der Waals surface area contributed by atoms with E-state index in [2.05, 4.69) is 10.4 Å². The maximum Gasteiger partial charge on any atom is 0.333 e. The Hall–Kier alpha value is -1.63. The van der Waals surface area contributed by atoms with Crippen LogP contribution in [0.3, 0.4) is 0 Å². The zero-order valence-corrected chi connectivity index (χ0v) is 10.3. The second-order valence-corrected chi connectivity index (χ2v) is 3.99. The molecule has 2 N–H and O–H groups in total. The maximum atomic E-state index is 11.0. The first-order valence-corrected chi connectivity index (χ1v) is 5.61. The van der Waals surface area contributed by atoms with Gasteiger partial charge in [0, 0.05) is 13.1 Å². The standard InChI is InChI=1S/C10H18N4O3/c1-4-5-13-10(11-6-7(2)15)9(14(16)17)8(3)12-13/h7,11,15H,4-6H2,1-3H3. The SMILES string of the molecule is CCCn1nc(C)c([N+](=O)[O-])c1NCC(C)O. The van der Waals surface area contributed by atoms with Crippen LogP contribution in [0.25, 0.3) is 0 Å². The lowest BCUT2D eigenvalue weighted by Crippen LogP contribution is -2.18. The Kier molecular flexibility index (Phi) is 4.45. The van der Waals surface area contributed by atoms with Crippen LogP contribution in [0.2, 0.25) is 0 Å². The van der Waals surface area contributed by atoms with Gasteiger partial charge in [-0.25, -0.2) is 4.68 Å². The Morgan fingerprint density at radius 3 is 2.76 bits per heavy atom. The average molecular weight is 242 g/mol. The fourth-order valence-electron chi connectivity index (χ4n) is 1.58. The number of aryl methyl sites for hydroxylation is 2. The lowest BCUT2D eigenvalue weighted by atomic mass is 10.3. The molecule has 1 aromatic rings. The van der Waals surface area contributed by atoms with Crippen molar-refractivity contribution in [2.45, 2.75) is 39.8 Å². The number of aliphatic hydroxyl groups excluding tert-OH is 1. The molecular weight excluding hydrogens is 224 g/mol. The number of nitrogens with one attached hydrogen (secondary N) is 1. The largest absolute Gasteiger partial charge is 0.392 e. The van der Waals surface area contributed by atoms with Crippen molar-refractivity contribution >= 4 is 11.5 Å². The van der Waals surface area contributed by atoms with E-state index >= 15 is 0 Å². The van der Waals surface area contributed by atoms with Gasteiger partial charge in [0.2, 0.25) is 5.82 Å². The molecule has 0 aliphatic rings. The van der Waals surface area contributed by atoms with E-state index in [0.717, 1.165) is 6.42 Å². The summed E-state index contributed by atoms with van der Waals surface area (Å²) in [5.41, 5.74) is 0.371. The minimum Gasteiger partial charge on any atom is -0.392 e. The smallest absolute Gasteiger partial charge is 0.333 e. The Morgan fingerprint density at radius 1 is 1.65 bits per heavy atom. The quantitative estimate of drug-likeness (QED) is 0.579. The Bertz CT molecular complexity index is 401. The van der Waals surface area contributed by atoms with Gasteiger partial charge in [0.25, 0.3) is 0 Å². The number of nitrogens with zero attached hydrogens (tertiary/aromatic N) is 3. The van der Waals surface area contributed by atoms with Crippen molar-refractivity contribution in [1.29, 1.82) is 0 Å². The first kappa shape index (κ1) is 13.4. The summed E-state index contributed by atoms with van der Waals surface area (Å²) >= 11 is 0. The molecule has 96 valence electrons. The highest BCUT2D eigenvalue weighted by molar-refractivity contribution is 5.59. The molecule has 0 fully saturated rings. The fraction of sp³-hybridized carbons (Fsp3) is 0.700. The predicted octanol–water partition coefficient (Wildman–Crippen LogP) is 1.30. The average Bonchev–Trinajstić information content (AvgIpc) is 2.52. The highest BCUT2D eigenvalue weighted by atomic mass is 16.6. The van der Waals surface area contributed by atoms with Crippen molar-refractivity contribution < 1.29 is 10.0 Å². The molecule has 0 saturated carbocycles. The monoisotopic (exact) mass is 242 g/mol. The van der Waals surface area contributed by atoms with E-state index in [-0.39, 0.29) is 12.2 Å². The van der Waals surface area contributed by atoms with E-state index in [1.165, 1.54) is 0 Å². The molecule has 7 heteroatoms. The molecule has 0 saturated heterocycles. The van der Waals surface area contributed by atoms with Crippen LogP contribution in [-0.4, -0.2) is 32.5 Å². The Morgan fingerprint density at radius 2 is 2.29 bits per heavy atom. The maximum absolute atomic E-state index is 11.0. The fourth-order valence-corrected chi connectivity index (χ4v) is 1.58. The molecule has 0 aliphatic carbocycles. The summed E-state index contributed by atoms with van der Waals surface area (Å²) in [5, 5.41) is 27.2. The minimum absolute atomic E-state index is 0.0147. The molecule has 17 heavy (non-hydrogen) atoms. The molecule has 0 spiro atoms. The molecular formula is C10H18N4O3. The summed E-state index contributed by atoms with van der Waals surface area (Å²) in [5.74, 6) is 0.371. The number of hydrogen-bond acceptors (Lipinski definition) is 5. The number of aliphatic hydroxyl groups is 1. The highest BCUT2D eigenvalue weighted by Gasteiger charge is 2.24. The molecule has 0 bridgehead atoms. The van der Waals surface area contributed by atoms with Crippen LogP contribution in [0.15, 0.2) is 0 Å². The molecule has 7 nitrogen and oxygen atoms in total. The van der Waals surface area contributed by atoms with Crippen molar-refractivity contribution in [3.05, 3.63) is 15.8 Å². The Labute approximate surface area is 99.6 Å². The minimum atomic E-state index is -0.570. The molecule has 0 radical (unpaired) electrons. The van der Waals surface area contributed by atoms with Gasteiger partial charge in [0.05, 0.1) is 11.0 Å². The molecule has 1 atom stereocenters. The van der Waals surface area contributed by atoms with Crippen LogP contribution in [-0.2, 0) is 6.54 Å². The molecule has 1 unspecified atom stereocenters. The summed E-state index contributed by atoms with van der Waals surface area (Å²) in [4.78, 5) is 10.5. The van der Waals surface area contributed by atoms with Crippen LogP contribution in [0.5, 0.6) is 0 Å². The molecule has 0 aromatic carbocycles. The van der Waals surface area contributed by atoms with Gasteiger partial charge in [-0.15, -0.1) is 0 Å². The van der Waals surface area contributed by atoms with Crippen molar-refractivity contribution in [1.82, 2.24) is 9.78 Å². The second kappa shape index (κ2) is 5.62. The third-order valence-corrected chi connectivity index (χ3v) is 2.28. The molecule has 0 aliphatic heterocycles. The number of rotatable bonds is 6. The summed E-state index contributed by atoms with van der Waals surface area (Å²) in [6.45, 7) is 6.07. The van der Waals surface area contributed by atoms with Gasteiger partial charge in [-0.1, -0.05) is 6.92 Å². The molecule has 1 heterocycles. The van der Waals surface area contributed by atoms with E-state index in [1.54, 1.807) is 18.5 Å². The van der Waals surface area contributed by atoms with Crippen molar-refractivity contribution in [2.24, 2.45) is 0 Å². The van der Waals surface area contributed by atoms with E-state index in [0.29, 0.717) is 18.1 Å². The van der Waals surface area contributed by atoms with Crippen LogP contribution in [0.1, 0.15) is 26.0 Å². The number of anilines is 1. The third kappa shape index (κ3) is 3.16. The number of aromatic nitrogens is 2. The van der Waals surface area contributed by atoms with Crippen molar-refractivity contribution in [3.8, 4) is 0 Å². The van der Waals surface area contributed by atoms with Gasteiger partial charge in [-0.05, 0) is 20.3 Å². The van der Waals surface area contributed by atoms with Gasteiger partial charge >= 0.3 is 5.69 Å². The van der Waals surface area contributed by atoms with Crippen molar-refractivity contribution in [3.63, 3.8) is 0 Å². The van der Waals surface area contributed by atoms with Crippen LogP contribution >= 0.6 is 0 Å². The zero-order valence-electron chi connectivity index (χ0n) is 10.3. The van der Waals surface area contributed by atoms with E-state index in [4.69, 9.17) is 0 Å². The molecule has 0 amide bonds. The van der Waals surface area contributed by atoms with Gasteiger partial charge in [-0.3, -0.25) is 10.1 Å². The van der Waals surface area contributed by atoms with Crippen LogP contribution < -0.4 is 5.32 Å². The lowest BCUT2D eigenvalue weighted by molar-refractivity contribution is -0.384. The van der Waals surface area contributed by atoms with Gasteiger partial charge in [0.15, 0.2) is 0 Å². The molecule has 1 aromatic heterocycles. The van der Waals surface area contributed by atoms with Crippen LogP contribution in [0, 0.1) is 17.0 Å². The zero-order chi connectivity index (χ0) is 13.0. The summed E-state index contributed by atoms with van der Waals surface area (Å²) in [7, 11) is 0. The summed E-state index contributed by atoms with van der Waals surface area (Å²) in [6, 6.07) is 0. The van der Waals surface area contributed by atoms with Gasteiger partial charge in [0.1, 0.15) is 5.69 Å².